The molecule has 1 atom stereocenters. The van der Waals surface area contributed by atoms with Crippen LogP contribution < -0.4 is 5.32 Å². The summed E-state index contributed by atoms with van der Waals surface area (Å²) in [5.41, 5.74) is 1.02. The Morgan fingerprint density at radius 1 is 1.56 bits per heavy atom. The highest BCUT2D eigenvalue weighted by Gasteiger charge is 2.21. The van der Waals surface area contributed by atoms with Crippen molar-refractivity contribution in [3.8, 4) is 0 Å². The van der Waals surface area contributed by atoms with E-state index >= 15 is 0 Å². The molecule has 0 saturated carbocycles. The van der Waals surface area contributed by atoms with Gasteiger partial charge in [0.05, 0.1) is 6.61 Å². The van der Waals surface area contributed by atoms with Gasteiger partial charge in [0.25, 0.3) is 0 Å². The number of rotatable bonds is 3. The molecule has 0 aromatic heterocycles. The Morgan fingerprint density at radius 2 is 2.44 bits per heavy atom. The molecule has 86 valence electrons. The van der Waals surface area contributed by atoms with E-state index in [1.807, 2.05) is 24.3 Å². The Balaban J connectivity index is 1.96. The van der Waals surface area contributed by atoms with Gasteiger partial charge in [0.1, 0.15) is 6.10 Å². The highest BCUT2D eigenvalue weighted by molar-refractivity contribution is 9.10. The highest BCUT2D eigenvalue weighted by atomic mass is 79.9. The first-order chi connectivity index (χ1) is 7.75. The van der Waals surface area contributed by atoms with Gasteiger partial charge in [-0.05, 0) is 17.7 Å². The van der Waals surface area contributed by atoms with E-state index in [9.17, 15) is 4.79 Å². The third-order valence-electron chi connectivity index (χ3n) is 2.55. The van der Waals surface area contributed by atoms with Gasteiger partial charge in [-0.2, -0.15) is 0 Å². The number of hydrogen-bond acceptors (Lipinski definition) is 3. The van der Waals surface area contributed by atoms with Gasteiger partial charge in [0.15, 0.2) is 5.78 Å². The van der Waals surface area contributed by atoms with Crippen LogP contribution in [0.4, 0.5) is 0 Å². The zero-order chi connectivity index (χ0) is 11.4. The van der Waals surface area contributed by atoms with E-state index in [1.54, 1.807) is 0 Å². The molecule has 1 fully saturated rings. The minimum Gasteiger partial charge on any atom is -0.368 e. The van der Waals surface area contributed by atoms with Crippen molar-refractivity contribution in [2.45, 2.75) is 12.5 Å². The molecule has 3 nitrogen and oxygen atoms in total. The van der Waals surface area contributed by atoms with Crippen molar-refractivity contribution in [2.75, 3.05) is 19.7 Å². The fourth-order valence-electron chi connectivity index (χ4n) is 1.73. The standard InChI is InChI=1S/C12H14BrNO2/c13-10-3-1-2-9(6-10)7-11(15)12-8-14-4-5-16-12/h1-3,6,12,14H,4-5,7-8H2. The second-order valence-corrected chi connectivity index (χ2v) is 4.75. The molecule has 4 heteroatoms. The molecule has 1 N–H and O–H groups in total. The van der Waals surface area contributed by atoms with Crippen LogP contribution in [0, 0.1) is 0 Å². The van der Waals surface area contributed by atoms with E-state index in [-0.39, 0.29) is 11.9 Å². The number of nitrogens with one attached hydrogen (secondary N) is 1. The zero-order valence-electron chi connectivity index (χ0n) is 8.91. The average molecular weight is 284 g/mol. The van der Waals surface area contributed by atoms with Gasteiger partial charge in [-0.3, -0.25) is 4.79 Å². The summed E-state index contributed by atoms with van der Waals surface area (Å²) in [5, 5.41) is 3.16. The number of hydrogen-bond donors (Lipinski definition) is 1. The molecule has 1 unspecified atom stereocenters. The third kappa shape index (κ3) is 3.14. The second-order valence-electron chi connectivity index (χ2n) is 3.84. The maximum atomic E-state index is 11.9. The summed E-state index contributed by atoms with van der Waals surface area (Å²) < 4.78 is 6.42. The number of halogens is 1. The smallest absolute Gasteiger partial charge is 0.167 e. The van der Waals surface area contributed by atoms with E-state index in [1.165, 1.54) is 0 Å². The predicted octanol–water partition coefficient (Wildman–Crippen LogP) is 1.55. The average Bonchev–Trinajstić information content (AvgIpc) is 2.30. The summed E-state index contributed by atoms with van der Waals surface area (Å²) >= 11 is 3.39. The van der Waals surface area contributed by atoms with Crippen molar-refractivity contribution >= 4 is 21.7 Å². The fraction of sp³-hybridized carbons (Fsp3) is 0.417. The molecule has 1 aromatic carbocycles. The van der Waals surface area contributed by atoms with Gasteiger partial charge in [-0.1, -0.05) is 28.1 Å². The molecular formula is C12H14BrNO2. The normalized spacial score (nSPS) is 20.7. The molecule has 1 heterocycles. The summed E-state index contributed by atoms with van der Waals surface area (Å²) in [6.45, 7) is 2.09. The van der Waals surface area contributed by atoms with E-state index in [0.717, 1.165) is 16.6 Å². The molecule has 0 aliphatic carbocycles. The summed E-state index contributed by atoms with van der Waals surface area (Å²) in [4.78, 5) is 11.9. The predicted molar refractivity (Wildman–Crippen MR) is 65.5 cm³/mol. The summed E-state index contributed by atoms with van der Waals surface area (Å²) in [6.07, 6.45) is 0.152. The summed E-state index contributed by atoms with van der Waals surface area (Å²) in [5.74, 6) is 0.144. The Bertz CT molecular complexity index is 375. The molecule has 16 heavy (non-hydrogen) atoms. The lowest BCUT2D eigenvalue weighted by molar-refractivity contribution is -0.131. The lowest BCUT2D eigenvalue weighted by Crippen LogP contribution is -2.43. The van der Waals surface area contributed by atoms with Gasteiger partial charge in [0.2, 0.25) is 0 Å². The van der Waals surface area contributed by atoms with Crippen LogP contribution in [0.1, 0.15) is 5.56 Å². The number of carbonyl (C=O) groups is 1. The molecule has 2 rings (SSSR count). The first kappa shape index (κ1) is 11.8. The molecule has 1 saturated heterocycles. The first-order valence-electron chi connectivity index (χ1n) is 5.35. The molecular weight excluding hydrogens is 270 g/mol. The molecule has 1 aliphatic heterocycles. The zero-order valence-corrected chi connectivity index (χ0v) is 10.5. The van der Waals surface area contributed by atoms with Gasteiger partial charge in [-0.15, -0.1) is 0 Å². The SMILES string of the molecule is O=C(Cc1cccc(Br)c1)C1CNCCO1. The lowest BCUT2D eigenvalue weighted by Gasteiger charge is -2.22. The molecule has 1 aliphatic rings. The minimum atomic E-state index is -0.285. The van der Waals surface area contributed by atoms with Crippen molar-refractivity contribution in [1.82, 2.24) is 5.32 Å². The number of ketones is 1. The maximum absolute atomic E-state index is 11.9. The molecule has 0 bridgehead atoms. The van der Waals surface area contributed by atoms with Crippen molar-refractivity contribution in [1.29, 1.82) is 0 Å². The molecule has 0 spiro atoms. The van der Waals surface area contributed by atoms with Gasteiger partial charge in [-0.25, -0.2) is 0 Å². The monoisotopic (exact) mass is 283 g/mol. The van der Waals surface area contributed by atoms with Crippen LogP contribution >= 0.6 is 15.9 Å². The van der Waals surface area contributed by atoms with Crippen LogP contribution in [0.2, 0.25) is 0 Å². The van der Waals surface area contributed by atoms with Crippen molar-refractivity contribution in [3.63, 3.8) is 0 Å². The topological polar surface area (TPSA) is 38.3 Å². The lowest BCUT2D eigenvalue weighted by atomic mass is 10.0. The summed E-state index contributed by atoms with van der Waals surface area (Å²) in [7, 11) is 0. The van der Waals surface area contributed by atoms with Crippen LogP contribution in [0.3, 0.4) is 0 Å². The van der Waals surface area contributed by atoms with E-state index in [0.29, 0.717) is 19.6 Å². The maximum Gasteiger partial charge on any atom is 0.167 e. The number of carbonyl (C=O) groups excluding carboxylic acids is 1. The Hall–Kier alpha value is -0.710. The van der Waals surface area contributed by atoms with Crippen LogP contribution in [0.5, 0.6) is 0 Å². The van der Waals surface area contributed by atoms with Gasteiger partial charge >= 0.3 is 0 Å². The first-order valence-corrected chi connectivity index (χ1v) is 6.14. The highest BCUT2D eigenvalue weighted by Crippen LogP contribution is 2.13. The number of benzene rings is 1. The Morgan fingerprint density at radius 3 is 3.12 bits per heavy atom. The second kappa shape index (κ2) is 5.57. The fourth-order valence-corrected chi connectivity index (χ4v) is 2.18. The molecule has 1 aromatic rings. The Labute approximate surface area is 103 Å². The van der Waals surface area contributed by atoms with Crippen LogP contribution in [0.25, 0.3) is 0 Å². The van der Waals surface area contributed by atoms with Crippen molar-refractivity contribution in [3.05, 3.63) is 34.3 Å². The number of ether oxygens (including phenoxy) is 1. The molecule has 0 amide bonds. The van der Waals surface area contributed by atoms with Gasteiger partial charge < -0.3 is 10.1 Å². The largest absolute Gasteiger partial charge is 0.368 e. The van der Waals surface area contributed by atoms with E-state index in [2.05, 4.69) is 21.2 Å². The number of morpholine rings is 1. The van der Waals surface area contributed by atoms with E-state index in [4.69, 9.17) is 4.74 Å². The van der Waals surface area contributed by atoms with Crippen molar-refractivity contribution < 1.29 is 9.53 Å². The van der Waals surface area contributed by atoms with E-state index < -0.39 is 0 Å². The van der Waals surface area contributed by atoms with Crippen molar-refractivity contribution in [2.24, 2.45) is 0 Å². The Kier molecular flexibility index (Phi) is 4.09. The van der Waals surface area contributed by atoms with Gasteiger partial charge in [0, 0.05) is 24.0 Å². The van der Waals surface area contributed by atoms with Crippen LogP contribution in [-0.2, 0) is 16.0 Å². The quantitative estimate of drug-likeness (QED) is 0.915. The third-order valence-corrected chi connectivity index (χ3v) is 3.05. The number of Topliss-reactive ketones (excluding diaryl/α,β-unsaturated/α-hetero) is 1. The molecule has 0 radical (unpaired) electrons. The minimum absolute atomic E-state index is 0.144. The van der Waals surface area contributed by atoms with Crippen LogP contribution in [-0.4, -0.2) is 31.6 Å². The summed E-state index contributed by atoms with van der Waals surface area (Å²) in [6, 6.07) is 7.81. The van der Waals surface area contributed by atoms with Crippen LogP contribution in [0.15, 0.2) is 28.7 Å².